The Morgan fingerprint density at radius 3 is 2.04 bits per heavy atom. The van der Waals surface area contributed by atoms with E-state index in [0.29, 0.717) is 30.4 Å². The van der Waals surface area contributed by atoms with Crippen LogP contribution in [0.1, 0.15) is 38.1 Å². The molecule has 1 aromatic carbocycles. The number of hydrogen-bond acceptors (Lipinski definition) is 4. The summed E-state index contributed by atoms with van der Waals surface area (Å²) in [6.07, 6.45) is -10.4. The van der Waals surface area contributed by atoms with Gasteiger partial charge in [0.25, 0.3) is 5.60 Å². The summed E-state index contributed by atoms with van der Waals surface area (Å²) < 4.78 is 79.6. The minimum atomic E-state index is -5.94. The average Bonchev–Trinajstić information content (AvgIpc) is 3.01. The predicted octanol–water partition coefficient (Wildman–Crippen LogP) is 4.67. The summed E-state index contributed by atoms with van der Waals surface area (Å²) in [7, 11) is 0. The van der Waals surface area contributed by atoms with Crippen LogP contribution in [-0.2, 0) is 10.4 Å². The molecule has 156 valence electrons. The molecule has 28 heavy (non-hydrogen) atoms. The van der Waals surface area contributed by atoms with Crippen LogP contribution < -0.4 is 5.48 Å². The van der Waals surface area contributed by atoms with Gasteiger partial charge in [-0.1, -0.05) is 26.0 Å². The summed E-state index contributed by atoms with van der Waals surface area (Å²) in [5, 5.41) is 9.49. The van der Waals surface area contributed by atoms with E-state index in [1.165, 1.54) is 10.8 Å². The van der Waals surface area contributed by atoms with Crippen LogP contribution in [0.3, 0.4) is 0 Å². The van der Waals surface area contributed by atoms with E-state index >= 15 is 0 Å². The first kappa shape index (κ1) is 22.0. The molecule has 2 aromatic rings. The zero-order chi connectivity index (χ0) is 21.3. The van der Waals surface area contributed by atoms with Crippen molar-refractivity contribution < 1.29 is 36.3 Å². The van der Waals surface area contributed by atoms with Gasteiger partial charge in [0, 0.05) is 17.2 Å². The van der Waals surface area contributed by atoms with E-state index in [9.17, 15) is 31.4 Å². The second kappa shape index (κ2) is 7.63. The minimum Gasteiger partial charge on any atom is -0.369 e. The van der Waals surface area contributed by atoms with Gasteiger partial charge in [0.2, 0.25) is 0 Å². The summed E-state index contributed by atoms with van der Waals surface area (Å²) in [4.78, 5) is 9.30. The summed E-state index contributed by atoms with van der Waals surface area (Å²) in [6, 6.07) is 3.26. The van der Waals surface area contributed by atoms with Crippen molar-refractivity contribution in [1.29, 1.82) is 0 Å². The van der Waals surface area contributed by atoms with Crippen molar-refractivity contribution in [3.8, 4) is 5.69 Å². The smallest absolute Gasteiger partial charge is 0.369 e. The lowest BCUT2D eigenvalue weighted by atomic mass is 9.92. The molecule has 2 N–H and O–H groups in total. The number of aromatic nitrogens is 2. The Balaban J connectivity index is 2.55. The Morgan fingerprint density at radius 1 is 1.07 bits per heavy atom. The molecule has 0 aliphatic rings. The quantitative estimate of drug-likeness (QED) is 0.536. The van der Waals surface area contributed by atoms with Crippen molar-refractivity contribution >= 4 is 5.82 Å². The maximum atomic E-state index is 13.0. The number of nitrogens with one attached hydrogen (secondary N) is 1. The number of benzene rings is 1. The van der Waals surface area contributed by atoms with Crippen molar-refractivity contribution in [3.63, 3.8) is 0 Å². The molecular formula is C17H19F6N3O2. The molecule has 0 aliphatic heterocycles. The van der Waals surface area contributed by atoms with Gasteiger partial charge in [0.15, 0.2) is 5.82 Å². The fraction of sp³-hybridized carbons (Fsp3) is 0.471. The Hall–Kier alpha value is -2.27. The lowest BCUT2D eigenvalue weighted by molar-refractivity contribution is -0.376. The van der Waals surface area contributed by atoms with Gasteiger partial charge in [0.05, 0.1) is 12.8 Å². The standard InChI is InChI=1S/C17H19F6N3O2/c1-4-28-25-13-9-24-14(10(2)3)26(13)12-7-5-11(6-8-12)15(27,16(18,19)20)17(21,22)23/h5-10,25,27H,4H2,1-3H3. The molecule has 11 heteroatoms. The Kier molecular flexibility index (Phi) is 6.00. The molecule has 0 aliphatic carbocycles. The molecule has 2 rings (SSSR count). The molecule has 0 saturated carbocycles. The van der Waals surface area contributed by atoms with Crippen LogP contribution in [0, 0.1) is 0 Å². The Labute approximate surface area is 156 Å². The normalized spacial score (nSPS) is 13.2. The highest BCUT2D eigenvalue weighted by molar-refractivity contribution is 5.48. The van der Waals surface area contributed by atoms with Crippen LogP contribution in [0.25, 0.3) is 5.69 Å². The summed E-state index contributed by atoms with van der Waals surface area (Å²) in [5.74, 6) is 0.760. The van der Waals surface area contributed by atoms with Crippen LogP contribution in [-0.4, -0.2) is 33.6 Å². The molecule has 0 spiro atoms. The van der Waals surface area contributed by atoms with Crippen molar-refractivity contribution in [2.24, 2.45) is 0 Å². The summed E-state index contributed by atoms with van der Waals surface area (Å²) in [6.45, 7) is 5.68. The highest BCUT2D eigenvalue weighted by atomic mass is 19.4. The molecule has 0 radical (unpaired) electrons. The van der Waals surface area contributed by atoms with Crippen LogP contribution in [0.4, 0.5) is 32.2 Å². The summed E-state index contributed by atoms with van der Waals surface area (Å²) in [5.41, 5.74) is -3.43. The first-order chi connectivity index (χ1) is 12.8. The zero-order valence-corrected chi connectivity index (χ0v) is 15.2. The SMILES string of the molecule is CCONc1cnc(C(C)C)n1-c1ccc(C(O)(C(F)(F)F)C(F)(F)F)cc1. The van der Waals surface area contributed by atoms with Gasteiger partial charge >= 0.3 is 12.4 Å². The van der Waals surface area contributed by atoms with Crippen molar-refractivity contribution in [2.75, 3.05) is 12.1 Å². The van der Waals surface area contributed by atoms with E-state index in [2.05, 4.69) is 10.5 Å². The molecule has 5 nitrogen and oxygen atoms in total. The van der Waals surface area contributed by atoms with Gasteiger partial charge in [-0.15, -0.1) is 0 Å². The van der Waals surface area contributed by atoms with E-state index < -0.39 is 23.5 Å². The Morgan fingerprint density at radius 2 is 1.61 bits per heavy atom. The molecular weight excluding hydrogens is 392 g/mol. The topological polar surface area (TPSA) is 59.3 Å². The van der Waals surface area contributed by atoms with Gasteiger partial charge in [-0.05, 0) is 19.1 Å². The fourth-order valence-electron chi connectivity index (χ4n) is 2.60. The van der Waals surface area contributed by atoms with Gasteiger partial charge < -0.3 is 5.11 Å². The van der Waals surface area contributed by atoms with Gasteiger partial charge in [-0.3, -0.25) is 9.40 Å². The molecule has 1 aromatic heterocycles. The third-order valence-corrected chi connectivity index (χ3v) is 3.99. The molecule has 0 saturated heterocycles. The third-order valence-electron chi connectivity index (χ3n) is 3.99. The second-order valence-electron chi connectivity index (χ2n) is 6.28. The number of halogens is 6. The van der Waals surface area contributed by atoms with Gasteiger partial charge in [0.1, 0.15) is 5.82 Å². The van der Waals surface area contributed by atoms with Crippen LogP contribution in [0.2, 0.25) is 0 Å². The van der Waals surface area contributed by atoms with Crippen LogP contribution >= 0.6 is 0 Å². The number of rotatable bonds is 6. The predicted molar refractivity (Wildman–Crippen MR) is 88.9 cm³/mol. The number of imidazole rings is 1. The molecule has 0 atom stereocenters. The van der Waals surface area contributed by atoms with Crippen molar-refractivity contribution in [2.45, 2.75) is 44.6 Å². The van der Waals surface area contributed by atoms with E-state index in [0.717, 1.165) is 12.1 Å². The van der Waals surface area contributed by atoms with Crippen molar-refractivity contribution in [1.82, 2.24) is 9.55 Å². The van der Waals surface area contributed by atoms with Crippen molar-refractivity contribution in [3.05, 3.63) is 41.9 Å². The highest BCUT2D eigenvalue weighted by Crippen LogP contribution is 2.50. The lowest BCUT2D eigenvalue weighted by Crippen LogP contribution is -2.53. The van der Waals surface area contributed by atoms with Gasteiger partial charge in [-0.2, -0.15) is 26.3 Å². The molecule has 0 unspecified atom stereocenters. The lowest BCUT2D eigenvalue weighted by Gasteiger charge is -2.32. The third kappa shape index (κ3) is 3.81. The van der Waals surface area contributed by atoms with Crippen LogP contribution in [0.15, 0.2) is 30.5 Å². The average molecular weight is 411 g/mol. The number of alkyl halides is 6. The van der Waals surface area contributed by atoms with E-state index in [1.807, 2.05) is 13.8 Å². The van der Waals surface area contributed by atoms with E-state index in [4.69, 9.17) is 4.84 Å². The molecule has 0 bridgehead atoms. The molecule has 0 fully saturated rings. The number of anilines is 1. The fourth-order valence-corrected chi connectivity index (χ4v) is 2.60. The first-order valence-electron chi connectivity index (χ1n) is 8.26. The Bertz CT molecular complexity index is 783. The maximum absolute atomic E-state index is 13.0. The second-order valence-corrected chi connectivity index (χ2v) is 6.28. The summed E-state index contributed by atoms with van der Waals surface area (Å²) >= 11 is 0. The molecule has 1 heterocycles. The number of nitrogens with zero attached hydrogens (tertiary/aromatic N) is 2. The first-order valence-corrected chi connectivity index (χ1v) is 8.26. The molecule has 0 amide bonds. The number of aliphatic hydroxyl groups is 1. The van der Waals surface area contributed by atoms with E-state index in [1.54, 1.807) is 6.92 Å². The zero-order valence-electron chi connectivity index (χ0n) is 15.2. The number of hydrogen-bond donors (Lipinski definition) is 2. The largest absolute Gasteiger partial charge is 0.430 e. The minimum absolute atomic E-state index is 0.0980. The highest BCUT2D eigenvalue weighted by Gasteiger charge is 2.71. The van der Waals surface area contributed by atoms with E-state index in [-0.39, 0.29) is 11.6 Å². The maximum Gasteiger partial charge on any atom is 0.430 e. The van der Waals surface area contributed by atoms with Gasteiger partial charge in [-0.25, -0.2) is 10.5 Å². The monoisotopic (exact) mass is 411 g/mol. The van der Waals surface area contributed by atoms with Crippen LogP contribution in [0.5, 0.6) is 0 Å².